The Morgan fingerprint density at radius 3 is 2.63 bits per heavy atom. The lowest BCUT2D eigenvalue weighted by Gasteiger charge is -2.30. The van der Waals surface area contributed by atoms with Gasteiger partial charge in [-0.3, -0.25) is 14.2 Å². The smallest absolute Gasteiger partial charge is 0.250 e. The molecule has 2 aromatic carbocycles. The van der Waals surface area contributed by atoms with Crippen LogP contribution in [-0.4, -0.2) is 22.4 Å². The molecule has 156 valence electrons. The van der Waals surface area contributed by atoms with E-state index in [1.165, 1.54) is 0 Å². The first-order chi connectivity index (χ1) is 14.2. The molecule has 0 spiro atoms. The number of anilines is 1. The van der Waals surface area contributed by atoms with Gasteiger partial charge in [-0.05, 0) is 48.9 Å². The van der Waals surface area contributed by atoms with Crippen LogP contribution in [0.15, 0.2) is 42.5 Å². The molecule has 5 heteroatoms. The zero-order chi connectivity index (χ0) is 21.6. The number of fused-ring (bicyclic) bond motifs is 3. The molecule has 1 aliphatic rings. The molecule has 0 saturated carbocycles. The van der Waals surface area contributed by atoms with E-state index in [2.05, 4.69) is 39.1 Å². The monoisotopic (exact) mass is 403 g/mol. The summed E-state index contributed by atoms with van der Waals surface area (Å²) >= 11 is 0. The minimum absolute atomic E-state index is 0.0961. The van der Waals surface area contributed by atoms with Crippen LogP contribution in [0.25, 0.3) is 22.0 Å². The van der Waals surface area contributed by atoms with Crippen LogP contribution < -0.4 is 11.1 Å². The number of benzene rings is 2. The normalized spacial score (nSPS) is 16.3. The van der Waals surface area contributed by atoms with E-state index < -0.39 is 5.91 Å². The van der Waals surface area contributed by atoms with Crippen molar-refractivity contribution in [2.75, 3.05) is 5.32 Å². The van der Waals surface area contributed by atoms with Gasteiger partial charge in [0.25, 0.3) is 5.91 Å². The highest BCUT2D eigenvalue weighted by Gasteiger charge is 2.35. The van der Waals surface area contributed by atoms with Crippen molar-refractivity contribution < 1.29 is 9.59 Å². The number of aromatic nitrogens is 1. The lowest BCUT2D eigenvalue weighted by molar-refractivity contribution is 0.0816. The molecular formula is C25H29N3O2. The Morgan fingerprint density at radius 2 is 1.93 bits per heavy atom. The molecule has 0 aliphatic carbocycles. The summed E-state index contributed by atoms with van der Waals surface area (Å²) in [6.07, 6.45) is 2.27. The van der Waals surface area contributed by atoms with Gasteiger partial charge in [0, 0.05) is 34.8 Å². The Hall–Kier alpha value is -3.08. The molecule has 1 amide bonds. The first-order valence-corrected chi connectivity index (χ1v) is 10.6. The molecule has 2 heterocycles. The van der Waals surface area contributed by atoms with Crippen molar-refractivity contribution in [3.8, 4) is 11.1 Å². The molecule has 3 aromatic rings. The first kappa shape index (κ1) is 20.2. The zero-order valence-electron chi connectivity index (χ0n) is 18.1. The largest absolute Gasteiger partial charge is 0.382 e. The summed E-state index contributed by atoms with van der Waals surface area (Å²) in [6.45, 7) is 8.45. The SMILES string of the molecule is CCC(C)Nc1cc(-c2c3n(c4ccccc24)C(=O)CC(C)(C)C3)ccc1C(N)=O. The molecule has 5 nitrogen and oxygen atoms in total. The second-order valence-corrected chi connectivity index (χ2v) is 9.16. The number of para-hydroxylation sites is 1. The van der Waals surface area contributed by atoms with Crippen LogP contribution >= 0.6 is 0 Å². The van der Waals surface area contributed by atoms with Crippen molar-refractivity contribution in [3.63, 3.8) is 0 Å². The van der Waals surface area contributed by atoms with E-state index in [9.17, 15) is 9.59 Å². The fourth-order valence-corrected chi connectivity index (χ4v) is 4.47. The summed E-state index contributed by atoms with van der Waals surface area (Å²) in [5.41, 5.74) is 10.8. The van der Waals surface area contributed by atoms with Gasteiger partial charge in [-0.15, -0.1) is 0 Å². The van der Waals surface area contributed by atoms with Crippen molar-refractivity contribution in [1.29, 1.82) is 0 Å². The third kappa shape index (κ3) is 3.38. The average Bonchev–Trinajstić information content (AvgIpc) is 3.00. The van der Waals surface area contributed by atoms with E-state index in [0.717, 1.165) is 46.3 Å². The summed E-state index contributed by atoms with van der Waals surface area (Å²) in [7, 11) is 0. The number of carbonyl (C=O) groups excluding carboxylic acids is 2. The number of primary amides is 1. The summed E-state index contributed by atoms with van der Waals surface area (Å²) in [5, 5.41) is 4.48. The average molecular weight is 404 g/mol. The lowest BCUT2D eigenvalue weighted by atomic mass is 9.80. The van der Waals surface area contributed by atoms with Gasteiger partial charge in [-0.25, -0.2) is 0 Å². The van der Waals surface area contributed by atoms with Gasteiger partial charge in [0.05, 0.1) is 11.1 Å². The molecule has 1 unspecified atom stereocenters. The second kappa shape index (κ2) is 7.31. The van der Waals surface area contributed by atoms with Crippen molar-refractivity contribution in [3.05, 3.63) is 53.7 Å². The number of nitrogens with one attached hydrogen (secondary N) is 1. The topological polar surface area (TPSA) is 77.1 Å². The molecule has 30 heavy (non-hydrogen) atoms. The maximum absolute atomic E-state index is 13.0. The Labute approximate surface area is 177 Å². The maximum atomic E-state index is 13.0. The zero-order valence-corrected chi connectivity index (χ0v) is 18.1. The lowest BCUT2D eigenvalue weighted by Crippen LogP contribution is -2.31. The molecule has 0 radical (unpaired) electrons. The highest BCUT2D eigenvalue weighted by Crippen LogP contribution is 2.43. The van der Waals surface area contributed by atoms with Gasteiger partial charge < -0.3 is 11.1 Å². The molecule has 0 saturated heterocycles. The van der Waals surface area contributed by atoms with Gasteiger partial charge in [0.1, 0.15) is 0 Å². The number of hydrogen-bond acceptors (Lipinski definition) is 3. The Balaban J connectivity index is 1.97. The number of nitrogens with zero attached hydrogens (tertiary/aromatic N) is 1. The van der Waals surface area contributed by atoms with Crippen LogP contribution in [0.5, 0.6) is 0 Å². The summed E-state index contributed by atoms with van der Waals surface area (Å²) < 4.78 is 1.89. The molecule has 4 rings (SSSR count). The van der Waals surface area contributed by atoms with E-state index in [1.54, 1.807) is 6.07 Å². The van der Waals surface area contributed by atoms with Crippen LogP contribution in [0.2, 0.25) is 0 Å². The number of hydrogen-bond donors (Lipinski definition) is 2. The van der Waals surface area contributed by atoms with Crippen molar-refractivity contribution >= 4 is 28.4 Å². The standard InChI is InChI=1S/C25H29N3O2/c1-5-15(2)27-19-12-16(10-11-17(19)24(26)30)23-18-8-6-7-9-20(18)28-21(23)13-25(3,4)14-22(28)29/h6-12,15,27H,5,13-14H2,1-4H3,(H2,26,30). The Kier molecular flexibility index (Phi) is 4.92. The molecule has 0 fully saturated rings. The van der Waals surface area contributed by atoms with Gasteiger partial charge in [0.15, 0.2) is 0 Å². The Morgan fingerprint density at radius 1 is 1.20 bits per heavy atom. The van der Waals surface area contributed by atoms with Crippen LogP contribution in [0.4, 0.5) is 5.69 Å². The van der Waals surface area contributed by atoms with Crippen molar-refractivity contribution in [1.82, 2.24) is 4.57 Å². The Bertz CT molecular complexity index is 1160. The minimum Gasteiger partial charge on any atom is -0.382 e. The summed E-state index contributed by atoms with van der Waals surface area (Å²) in [4.78, 5) is 25.0. The fourth-order valence-electron chi connectivity index (χ4n) is 4.47. The van der Waals surface area contributed by atoms with Crippen LogP contribution in [0.3, 0.4) is 0 Å². The van der Waals surface area contributed by atoms with E-state index in [1.807, 2.05) is 34.9 Å². The van der Waals surface area contributed by atoms with Gasteiger partial charge in [-0.2, -0.15) is 0 Å². The van der Waals surface area contributed by atoms with Crippen LogP contribution in [-0.2, 0) is 6.42 Å². The van der Waals surface area contributed by atoms with E-state index in [0.29, 0.717) is 12.0 Å². The number of nitrogens with two attached hydrogens (primary N) is 1. The van der Waals surface area contributed by atoms with Crippen molar-refractivity contribution in [2.45, 2.75) is 53.0 Å². The number of amides is 1. The van der Waals surface area contributed by atoms with E-state index >= 15 is 0 Å². The number of rotatable bonds is 5. The summed E-state index contributed by atoms with van der Waals surface area (Å²) in [6, 6.07) is 14.0. The predicted octanol–water partition coefficient (Wildman–Crippen LogP) is 5.23. The second-order valence-electron chi connectivity index (χ2n) is 9.16. The van der Waals surface area contributed by atoms with Gasteiger partial charge in [0.2, 0.25) is 5.91 Å². The van der Waals surface area contributed by atoms with Gasteiger partial charge in [-0.1, -0.05) is 45.0 Å². The molecule has 0 bridgehead atoms. The third-order valence-electron chi connectivity index (χ3n) is 6.09. The molecule has 1 atom stereocenters. The fraction of sp³-hybridized carbons (Fsp3) is 0.360. The first-order valence-electron chi connectivity index (χ1n) is 10.6. The van der Waals surface area contributed by atoms with Crippen LogP contribution in [0, 0.1) is 5.41 Å². The van der Waals surface area contributed by atoms with Crippen molar-refractivity contribution in [2.24, 2.45) is 11.1 Å². The predicted molar refractivity (Wildman–Crippen MR) is 122 cm³/mol. The third-order valence-corrected chi connectivity index (χ3v) is 6.09. The molecule has 3 N–H and O–H groups in total. The quantitative estimate of drug-likeness (QED) is 0.612. The van der Waals surface area contributed by atoms with Gasteiger partial charge >= 0.3 is 0 Å². The number of carbonyl (C=O) groups is 2. The van der Waals surface area contributed by atoms with E-state index in [-0.39, 0.29) is 17.4 Å². The highest BCUT2D eigenvalue weighted by atomic mass is 16.2. The summed E-state index contributed by atoms with van der Waals surface area (Å²) in [5.74, 6) is -0.317. The maximum Gasteiger partial charge on any atom is 0.250 e. The molecule has 1 aromatic heterocycles. The molecule has 1 aliphatic heterocycles. The van der Waals surface area contributed by atoms with Crippen LogP contribution in [0.1, 0.15) is 61.4 Å². The highest BCUT2D eigenvalue weighted by molar-refractivity contribution is 6.06. The van der Waals surface area contributed by atoms with E-state index in [4.69, 9.17) is 5.73 Å². The minimum atomic E-state index is -0.451. The molecular weight excluding hydrogens is 374 g/mol.